The Kier molecular flexibility index (Phi) is 6.00. The molecule has 0 unspecified atom stereocenters. The van der Waals surface area contributed by atoms with Crippen LogP contribution in [0.15, 0.2) is 73.3 Å². The van der Waals surface area contributed by atoms with Crippen LogP contribution in [-0.2, 0) is 6.54 Å². The fraction of sp³-hybridized carbons (Fsp3) is 0.333. The molecule has 2 atom stereocenters. The van der Waals surface area contributed by atoms with Gasteiger partial charge in [-0.05, 0) is 37.5 Å². The molecule has 0 saturated carbocycles. The van der Waals surface area contributed by atoms with Crippen molar-refractivity contribution < 1.29 is 5.11 Å². The Hall–Kier alpha value is -2.06. The van der Waals surface area contributed by atoms with Crippen LogP contribution in [0.4, 0.5) is 5.69 Å². The van der Waals surface area contributed by atoms with Gasteiger partial charge in [-0.1, -0.05) is 61.5 Å². The number of nitrogens with zero attached hydrogens (tertiary/aromatic N) is 1. The Morgan fingerprint density at radius 1 is 1.09 bits per heavy atom. The number of hydrogen-bond donors (Lipinski definition) is 1. The fourth-order valence-electron chi connectivity index (χ4n) is 3.00. The van der Waals surface area contributed by atoms with Gasteiger partial charge in [0.05, 0.1) is 11.6 Å². The molecule has 0 spiro atoms. The van der Waals surface area contributed by atoms with Crippen molar-refractivity contribution in [3.05, 3.63) is 78.9 Å². The molecule has 0 radical (unpaired) electrons. The van der Waals surface area contributed by atoms with Crippen LogP contribution in [0.3, 0.4) is 0 Å². The van der Waals surface area contributed by atoms with Crippen molar-refractivity contribution in [1.29, 1.82) is 0 Å². The lowest BCUT2D eigenvalue weighted by molar-refractivity contribution is 0.0153. The third-order valence-corrected chi connectivity index (χ3v) is 4.64. The monoisotopic (exact) mass is 309 g/mol. The predicted octanol–water partition coefficient (Wildman–Crippen LogP) is 4.80. The molecule has 0 amide bonds. The van der Waals surface area contributed by atoms with Gasteiger partial charge < -0.3 is 10.0 Å². The minimum absolute atomic E-state index is 0.0203. The topological polar surface area (TPSA) is 23.5 Å². The van der Waals surface area contributed by atoms with Crippen LogP contribution < -0.4 is 4.90 Å². The number of anilines is 1. The second kappa shape index (κ2) is 7.98. The van der Waals surface area contributed by atoms with E-state index in [1.165, 1.54) is 5.56 Å². The van der Waals surface area contributed by atoms with Crippen LogP contribution >= 0.6 is 0 Å². The first kappa shape index (κ1) is 17.3. The van der Waals surface area contributed by atoms with Gasteiger partial charge in [0, 0.05) is 12.2 Å². The summed E-state index contributed by atoms with van der Waals surface area (Å²) >= 11 is 0. The van der Waals surface area contributed by atoms with Gasteiger partial charge >= 0.3 is 0 Å². The summed E-state index contributed by atoms with van der Waals surface area (Å²) < 4.78 is 0. The van der Waals surface area contributed by atoms with E-state index in [1.54, 1.807) is 0 Å². The Labute approximate surface area is 140 Å². The quantitative estimate of drug-likeness (QED) is 0.708. The fourth-order valence-corrected chi connectivity index (χ4v) is 3.00. The molecule has 1 N–H and O–H groups in total. The van der Waals surface area contributed by atoms with E-state index in [-0.39, 0.29) is 6.04 Å². The molecule has 2 aromatic rings. The molecule has 2 aromatic carbocycles. The molecule has 0 aliphatic heterocycles. The van der Waals surface area contributed by atoms with Crippen molar-refractivity contribution in [2.24, 2.45) is 0 Å². The highest BCUT2D eigenvalue weighted by molar-refractivity contribution is 5.48. The maximum atomic E-state index is 11.1. The highest BCUT2D eigenvalue weighted by atomic mass is 16.3. The number of hydrogen-bond acceptors (Lipinski definition) is 2. The summed E-state index contributed by atoms with van der Waals surface area (Å²) in [5.74, 6) is 0. The molecular weight excluding hydrogens is 282 g/mol. The average Bonchev–Trinajstić information content (AvgIpc) is 2.61. The molecule has 23 heavy (non-hydrogen) atoms. The van der Waals surface area contributed by atoms with Gasteiger partial charge in [-0.2, -0.15) is 0 Å². The van der Waals surface area contributed by atoms with Gasteiger partial charge in [0.2, 0.25) is 0 Å². The van der Waals surface area contributed by atoms with Crippen molar-refractivity contribution >= 4 is 5.69 Å². The predicted molar refractivity (Wildman–Crippen MR) is 98.6 cm³/mol. The largest absolute Gasteiger partial charge is 0.387 e. The molecule has 0 heterocycles. The summed E-state index contributed by atoms with van der Waals surface area (Å²) in [6, 6.07) is 20.7. The number of benzene rings is 2. The van der Waals surface area contributed by atoms with E-state index in [0.717, 1.165) is 12.2 Å². The van der Waals surface area contributed by atoms with Gasteiger partial charge in [-0.15, -0.1) is 6.58 Å². The Balaban J connectivity index is 2.35. The zero-order chi connectivity index (χ0) is 16.7. The average molecular weight is 309 g/mol. The van der Waals surface area contributed by atoms with E-state index in [0.29, 0.717) is 12.8 Å². The summed E-state index contributed by atoms with van der Waals surface area (Å²) in [7, 11) is 0. The molecule has 0 saturated heterocycles. The summed E-state index contributed by atoms with van der Waals surface area (Å²) in [6.45, 7) is 8.72. The molecule has 0 aliphatic rings. The lowest BCUT2D eigenvalue weighted by Gasteiger charge is -2.42. The maximum Gasteiger partial charge on any atom is 0.0878 e. The smallest absolute Gasteiger partial charge is 0.0878 e. The first-order chi connectivity index (χ1) is 11.1. The SMILES string of the molecule is C=CC[C@@](O)(CC)[C@@H](C)N(Cc1ccccc1)c1ccccc1. The Bertz CT molecular complexity index is 596. The third kappa shape index (κ3) is 4.23. The summed E-state index contributed by atoms with van der Waals surface area (Å²) in [5.41, 5.74) is 1.58. The van der Waals surface area contributed by atoms with Crippen LogP contribution in [0.5, 0.6) is 0 Å². The van der Waals surface area contributed by atoms with Crippen LogP contribution in [-0.4, -0.2) is 16.7 Å². The van der Waals surface area contributed by atoms with Gasteiger partial charge in [0.1, 0.15) is 0 Å². The molecule has 2 rings (SSSR count). The van der Waals surface area contributed by atoms with E-state index < -0.39 is 5.60 Å². The lowest BCUT2D eigenvalue weighted by Crippen LogP contribution is -2.50. The standard InChI is InChI=1S/C21H27NO/c1-4-16-21(23,5-2)18(3)22(20-14-10-7-11-15-20)17-19-12-8-6-9-13-19/h4,6-15,18,23H,1,5,16-17H2,2-3H3/t18-,21+/m1/s1. The van der Waals surface area contributed by atoms with Gasteiger partial charge in [-0.3, -0.25) is 0 Å². The van der Waals surface area contributed by atoms with E-state index in [2.05, 4.69) is 54.8 Å². The van der Waals surface area contributed by atoms with Crippen molar-refractivity contribution in [2.45, 2.75) is 44.9 Å². The highest BCUT2D eigenvalue weighted by Crippen LogP contribution is 2.30. The zero-order valence-electron chi connectivity index (χ0n) is 14.2. The maximum absolute atomic E-state index is 11.1. The van der Waals surface area contributed by atoms with E-state index in [1.807, 2.05) is 37.3 Å². The normalized spacial score (nSPS) is 14.7. The van der Waals surface area contributed by atoms with Crippen LogP contribution in [0, 0.1) is 0 Å². The minimum Gasteiger partial charge on any atom is -0.387 e. The number of para-hydroxylation sites is 1. The molecule has 0 fully saturated rings. The third-order valence-electron chi connectivity index (χ3n) is 4.64. The number of aliphatic hydroxyl groups is 1. The molecule has 0 bridgehead atoms. The van der Waals surface area contributed by atoms with Gasteiger partial charge in [0.25, 0.3) is 0 Å². The minimum atomic E-state index is -0.785. The lowest BCUT2D eigenvalue weighted by atomic mass is 9.87. The van der Waals surface area contributed by atoms with Crippen molar-refractivity contribution in [3.63, 3.8) is 0 Å². The first-order valence-electron chi connectivity index (χ1n) is 8.29. The summed E-state index contributed by atoms with van der Waals surface area (Å²) in [6.07, 6.45) is 3.09. The Morgan fingerprint density at radius 2 is 1.65 bits per heavy atom. The Morgan fingerprint density at radius 3 is 2.17 bits per heavy atom. The van der Waals surface area contributed by atoms with E-state index >= 15 is 0 Å². The van der Waals surface area contributed by atoms with Crippen molar-refractivity contribution in [2.75, 3.05) is 4.90 Å². The second-order valence-corrected chi connectivity index (χ2v) is 6.07. The molecular formula is C21H27NO. The highest BCUT2D eigenvalue weighted by Gasteiger charge is 2.34. The van der Waals surface area contributed by atoms with E-state index in [9.17, 15) is 5.11 Å². The zero-order valence-corrected chi connectivity index (χ0v) is 14.2. The number of rotatable bonds is 8. The van der Waals surface area contributed by atoms with Crippen molar-refractivity contribution in [3.8, 4) is 0 Å². The molecule has 0 aromatic heterocycles. The molecule has 0 aliphatic carbocycles. The molecule has 2 heteroatoms. The van der Waals surface area contributed by atoms with Gasteiger partial charge in [0.15, 0.2) is 0 Å². The van der Waals surface area contributed by atoms with Crippen LogP contribution in [0.25, 0.3) is 0 Å². The first-order valence-corrected chi connectivity index (χ1v) is 8.29. The second-order valence-electron chi connectivity index (χ2n) is 6.07. The molecule has 122 valence electrons. The van der Waals surface area contributed by atoms with E-state index in [4.69, 9.17) is 0 Å². The molecule has 2 nitrogen and oxygen atoms in total. The van der Waals surface area contributed by atoms with Gasteiger partial charge in [-0.25, -0.2) is 0 Å². The summed E-state index contributed by atoms with van der Waals surface area (Å²) in [5, 5.41) is 11.1. The summed E-state index contributed by atoms with van der Waals surface area (Å²) in [4.78, 5) is 2.28. The van der Waals surface area contributed by atoms with Crippen LogP contribution in [0.2, 0.25) is 0 Å². The van der Waals surface area contributed by atoms with Crippen LogP contribution in [0.1, 0.15) is 32.3 Å². The van der Waals surface area contributed by atoms with Crippen molar-refractivity contribution in [1.82, 2.24) is 0 Å².